The SMILES string of the molecule is [2H]c1c([2H])c([2H])c(-c2ccc3c(c2)c2ccc(Oc4[c-]c(N5[CH-]N(c6c(-c7cccc(C(C)(C)C)c7)cccc6-c6c([2H])c([2H])c([2H])c([2H])c6[2H])c6ccccc65)ccc4)[c-]c2n3-c2cc(C(C)(C)c3ccccc3)ccn2)c([2H])c1[2H].[Pt]. The first kappa shape index (κ1) is 36.9. The van der Waals surface area contributed by atoms with Crippen LogP contribution in [0, 0.1) is 18.8 Å². The maximum atomic E-state index is 9.16. The zero-order valence-electron chi connectivity index (χ0n) is 50.7. The first-order chi connectivity index (χ1) is 39.2. The van der Waals surface area contributed by atoms with Crippen LogP contribution in [0.4, 0.5) is 22.7 Å². The summed E-state index contributed by atoms with van der Waals surface area (Å²) in [6, 6.07) is 54.4. The molecule has 1 aliphatic rings. The third-order valence-electron chi connectivity index (χ3n) is 13.6. The Morgan fingerprint density at radius 2 is 1.18 bits per heavy atom. The number of hydrogen-bond donors (Lipinski definition) is 0. The molecule has 11 aromatic rings. The van der Waals surface area contributed by atoms with E-state index < -0.39 is 41.7 Å². The van der Waals surface area contributed by atoms with Crippen LogP contribution in [0.5, 0.6) is 11.5 Å². The Labute approximate surface area is 457 Å². The number of hydrogen-bond acceptors (Lipinski definition) is 4. The van der Waals surface area contributed by atoms with E-state index in [2.05, 4.69) is 77.1 Å². The summed E-state index contributed by atoms with van der Waals surface area (Å²) in [5.74, 6) is 1.37. The van der Waals surface area contributed by atoms with Crippen LogP contribution >= 0.6 is 0 Å². The predicted molar refractivity (Wildman–Crippen MR) is 298 cm³/mol. The smallest absolute Gasteiger partial charge is 0.135 e. The van der Waals surface area contributed by atoms with Gasteiger partial charge < -0.3 is 19.1 Å². The van der Waals surface area contributed by atoms with Gasteiger partial charge in [0.2, 0.25) is 0 Å². The zero-order valence-corrected chi connectivity index (χ0v) is 43.0. The molecule has 0 saturated heterocycles. The Balaban J connectivity index is 0.00000721. The van der Waals surface area contributed by atoms with Crippen molar-refractivity contribution in [3.8, 4) is 50.7 Å². The molecule has 0 saturated carbocycles. The number of benzene rings is 9. The van der Waals surface area contributed by atoms with Crippen LogP contribution in [0.3, 0.4) is 0 Å². The molecule has 0 aliphatic carbocycles. The van der Waals surface area contributed by atoms with E-state index in [1.165, 1.54) is 0 Å². The summed E-state index contributed by atoms with van der Waals surface area (Å²) in [7, 11) is 0. The molecule has 2 aromatic heterocycles. The maximum absolute atomic E-state index is 9.16. The van der Waals surface area contributed by atoms with Crippen molar-refractivity contribution in [2.24, 2.45) is 0 Å². The van der Waals surface area contributed by atoms with Crippen LogP contribution in [0.2, 0.25) is 0 Å². The average molecular weight is 1140 g/mol. The van der Waals surface area contributed by atoms with Gasteiger partial charge in [-0.25, -0.2) is 4.98 Å². The van der Waals surface area contributed by atoms with E-state index in [-0.39, 0.29) is 61.8 Å². The van der Waals surface area contributed by atoms with E-state index >= 15 is 0 Å². The first-order valence-electron chi connectivity index (χ1n) is 28.9. The topological polar surface area (TPSA) is 33.5 Å². The third kappa shape index (κ3) is 8.83. The summed E-state index contributed by atoms with van der Waals surface area (Å²) in [5.41, 5.74) is 9.68. The molecule has 3 heterocycles. The molecule has 0 atom stereocenters. The minimum atomic E-state index is -0.467. The molecule has 0 radical (unpaired) electrons. The van der Waals surface area contributed by atoms with Crippen LogP contribution < -0.4 is 14.5 Å². The van der Waals surface area contributed by atoms with Gasteiger partial charge in [-0.1, -0.05) is 198 Å². The Morgan fingerprint density at radius 1 is 0.521 bits per heavy atom. The number of rotatable bonds is 10. The van der Waals surface area contributed by atoms with Gasteiger partial charge >= 0.3 is 0 Å². The molecule has 360 valence electrons. The second kappa shape index (κ2) is 19.2. The summed E-state index contributed by atoms with van der Waals surface area (Å²) in [6.07, 6.45) is 1.79. The van der Waals surface area contributed by atoms with Crippen molar-refractivity contribution < 1.29 is 39.5 Å². The fraction of sp³-hybridized carbons (Fsp3) is 0.104. The minimum absolute atomic E-state index is 0. The number of aromatic nitrogens is 2. The standard InChI is InChI=1S/C67H53N4O.Pt/c1-66(2,3)51-27-17-24-49(40-51)57-31-19-30-56(47-22-11-7-12-23-47)65(57)70-45-69(61-32-15-16-33-62(61)70)53-28-18-29-54(43-53)72-55-35-36-58-59-41-48(46-20-9-6-10-21-46)34-37-60(59)71(63(58)44-55)64-42-52(38-39-68-64)67(4,5)50-25-13-8-14-26-50;/h6-42,45H,1-5H3;/q-3;/i6D,7D,9D,10D,11D,12D,20D,21D,22D,23D;. The molecule has 73 heavy (non-hydrogen) atoms. The monoisotopic (exact) mass is 1130 g/mol. The van der Waals surface area contributed by atoms with Gasteiger partial charge in [-0.05, 0) is 80.1 Å². The number of ether oxygens (including phenoxy) is 1. The van der Waals surface area contributed by atoms with Crippen LogP contribution in [0.15, 0.2) is 224 Å². The van der Waals surface area contributed by atoms with Gasteiger partial charge in [0.1, 0.15) is 5.82 Å². The zero-order chi connectivity index (χ0) is 57.7. The summed E-state index contributed by atoms with van der Waals surface area (Å²) in [5, 5.41) is 1.51. The van der Waals surface area contributed by atoms with Gasteiger partial charge in [-0.3, -0.25) is 0 Å². The second-order valence-electron chi connectivity index (χ2n) is 19.4. The van der Waals surface area contributed by atoms with E-state index in [0.717, 1.165) is 55.5 Å². The Morgan fingerprint density at radius 3 is 1.93 bits per heavy atom. The van der Waals surface area contributed by atoms with Crippen LogP contribution in [-0.2, 0) is 31.9 Å². The van der Waals surface area contributed by atoms with E-state index in [4.69, 9.17) is 23.4 Å². The molecule has 0 N–H and O–H groups in total. The molecule has 5 nitrogen and oxygen atoms in total. The fourth-order valence-electron chi connectivity index (χ4n) is 9.73. The number of fused-ring (bicyclic) bond motifs is 4. The molecule has 12 rings (SSSR count). The molecule has 0 unspecified atom stereocenters. The van der Waals surface area contributed by atoms with Crippen molar-refractivity contribution in [2.75, 3.05) is 9.80 Å². The van der Waals surface area contributed by atoms with Gasteiger partial charge in [0.05, 0.1) is 13.7 Å². The van der Waals surface area contributed by atoms with Crippen LogP contribution in [0.25, 0.3) is 61.0 Å². The number of para-hydroxylation sites is 3. The summed E-state index contributed by atoms with van der Waals surface area (Å²) in [4.78, 5) is 8.94. The Hall–Kier alpha value is -7.98. The summed E-state index contributed by atoms with van der Waals surface area (Å²) >= 11 is 0. The molecule has 0 spiro atoms. The average Bonchev–Trinajstić information content (AvgIpc) is 4.28. The number of nitrogens with zero attached hydrogens (tertiary/aromatic N) is 4. The molecule has 0 bridgehead atoms. The van der Waals surface area contributed by atoms with Crippen LogP contribution in [-0.4, -0.2) is 9.55 Å². The Bertz CT molecular complexity index is 4350. The normalized spacial score (nSPS) is 14.4. The van der Waals surface area contributed by atoms with Crippen molar-refractivity contribution in [3.63, 3.8) is 0 Å². The third-order valence-corrected chi connectivity index (χ3v) is 13.6. The van der Waals surface area contributed by atoms with Gasteiger partial charge in [0.25, 0.3) is 0 Å². The van der Waals surface area contributed by atoms with Gasteiger partial charge in [-0.15, -0.1) is 48.1 Å². The minimum Gasteiger partial charge on any atom is -0.509 e. The predicted octanol–water partition coefficient (Wildman–Crippen LogP) is 17.6. The van der Waals surface area contributed by atoms with E-state index in [1.54, 1.807) is 12.3 Å². The summed E-state index contributed by atoms with van der Waals surface area (Å²) < 4.78 is 95.6. The van der Waals surface area contributed by atoms with Crippen molar-refractivity contribution in [2.45, 2.75) is 45.4 Å². The second-order valence-corrected chi connectivity index (χ2v) is 19.4. The van der Waals surface area contributed by atoms with E-state index in [0.29, 0.717) is 45.3 Å². The van der Waals surface area contributed by atoms with Crippen molar-refractivity contribution >= 4 is 44.6 Å². The quantitative estimate of drug-likeness (QED) is 0.128. The maximum Gasteiger partial charge on any atom is 0.135 e. The van der Waals surface area contributed by atoms with E-state index in [1.807, 2.05) is 142 Å². The van der Waals surface area contributed by atoms with Crippen molar-refractivity contribution in [1.29, 1.82) is 0 Å². The Kier molecular flexibility index (Phi) is 9.71. The van der Waals surface area contributed by atoms with Gasteiger partial charge in [0.15, 0.2) is 0 Å². The van der Waals surface area contributed by atoms with Crippen LogP contribution in [0.1, 0.15) is 65.0 Å². The van der Waals surface area contributed by atoms with Gasteiger partial charge in [-0.2, -0.15) is 12.1 Å². The molecule has 9 aromatic carbocycles. The fourth-order valence-corrected chi connectivity index (χ4v) is 9.73. The number of anilines is 4. The molecule has 0 fully saturated rings. The largest absolute Gasteiger partial charge is 0.509 e. The van der Waals surface area contributed by atoms with Crippen molar-refractivity contribution in [1.82, 2.24) is 9.55 Å². The molecule has 6 heteroatoms. The molecule has 0 amide bonds. The summed E-state index contributed by atoms with van der Waals surface area (Å²) in [6.45, 7) is 12.7. The number of pyridine rings is 1. The molecule has 1 aliphatic heterocycles. The molecular weight excluding hydrogens is 1070 g/mol. The van der Waals surface area contributed by atoms with Gasteiger partial charge in [0, 0.05) is 77.9 Å². The first-order valence-corrected chi connectivity index (χ1v) is 23.9. The van der Waals surface area contributed by atoms with Crippen molar-refractivity contribution in [3.05, 3.63) is 260 Å². The van der Waals surface area contributed by atoms with E-state index in [9.17, 15) is 0 Å². The molecular formula is C67H53N4OPt-3.